The fourth-order valence-electron chi connectivity index (χ4n) is 2.88. The smallest absolute Gasteiger partial charge is 0.257 e. The summed E-state index contributed by atoms with van der Waals surface area (Å²) in [6.07, 6.45) is 4.45. The minimum Gasteiger partial charge on any atom is -0.354 e. The Hall–Kier alpha value is -1.74. The highest BCUT2D eigenvalue weighted by Gasteiger charge is 2.34. The van der Waals surface area contributed by atoms with Crippen LogP contribution in [-0.2, 0) is 9.84 Å². The largest absolute Gasteiger partial charge is 0.354 e. The minimum atomic E-state index is -3.03. The van der Waals surface area contributed by atoms with Gasteiger partial charge < -0.3 is 15.1 Å². The van der Waals surface area contributed by atoms with E-state index in [-0.39, 0.29) is 23.5 Å². The van der Waals surface area contributed by atoms with E-state index in [1.165, 1.54) is 12.4 Å². The third-order valence-corrected chi connectivity index (χ3v) is 5.97. The van der Waals surface area contributed by atoms with Crippen LogP contribution in [0.3, 0.4) is 0 Å². The highest BCUT2D eigenvalue weighted by atomic mass is 32.2. The van der Waals surface area contributed by atoms with Gasteiger partial charge in [-0.25, -0.2) is 18.4 Å². The fourth-order valence-corrected chi connectivity index (χ4v) is 4.61. The van der Waals surface area contributed by atoms with E-state index in [1.54, 1.807) is 4.90 Å². The lowest BCUT2D eigenvalue weighted by molar-refractivity contribution is 0.0707. The molecule has 1 aliphatic heterocycles. The van der Waals surface area contributed by atoms with Crippen molar-refractivity contribution in [2.24, 2.45) is 0 Å². The summed E-state index contributed by atoms with van der Waals surface area (Å²) in [7, 11) is 1.01. The molecule has 0 bridgehead atoms. The second-order valence-electron chi connectivity index (χ2n) is 6.53. The summed E-state index contributed by atoms with van der Waals surface area (Å²) >= 11 is 0. The van der Waals surface area contributed by atoms with Gasteiger partial charge in [0.2, 0.25) is 5.95 Å². The molecule has 1 amide bonds. The third kappa shape index (κ3) is 5.64. The number of sulfone groups is 1. The fraction of sp³-hybridized carbons (Fsp3) is 0.688. The van der Waals surface area contributed by atoms with Gasteiger partial charge in [0.15, 0.2) is 9.84 Å². The lowest BCUT2D eigenvalue weighted by Gasteiger charge is -2.26. The first kappa shape index (κ1) is 19.6. The Kier molecular flexibility index (Phi) is 6.71. The molecule has 1 aromatic rings. The maximum atomic E-state index is 12.6. The minimum absolute atomic E-state index is 0.0406. The molecular weight excluding hydrogens is 342 g/mol. The van der Waals surface area contributed by atoms with Crippen molar-refractivity contribution >= 4 is 21.7 Å². The summed E-state index contributed by atoms with van der Waals surface area (Å²) in [5, 5.41) is 3.12. The van der Waals surface area contributed by atoms with Crippen LogP contribution in [0.25, 0.3) is 0 Å². The quantitative estimate of drug-likeness (QED) is 0.666. The number of nitrogens with zero attached hydrogens (tertiary/aromatic N) is 4. The van der Waals surface area contributed by atoms with E-state index >= 15 is 0 Å². The number of amides is 1. The Morgan fingerprint density at radius 3 is 2.52 bits per heavy atom. The molecule has 8 nitrogen and oxygen atoms in total. The van der Waals surface area contributed by atoms with Crippen molar-refractivity contribution in [3.8, 4) is 0 Å². The molecule has 0 aliphatic carbocycles. The second kappa shape index (κ2) is 8.57. The average Bonchev–Trinajstić information content (AvgIpc) is 2.92. The zero-order chi connectivity index (χ0) is 18.4. The molecule has 1 saturated heterocycles. The van der Waals surface area contributed by atoms with Gasteiger partial charge in [-0.2, -0.15) is 0 Å². The van der Waals surface area contributed by atoms with E-state index in [9.17, 15) is 13.2 Å². The Labute approximate surface area is 149 Å². The average molecular weight is 369 g/mol. The summed E-state index contributed by atoms with van der Waals surface area (Å²) in [6, 6.07) is -0.258. The molecule has 1 atom stereocenters. The van der Waals surface area contributed by atoms with Gasteiger partial charge in [-0.1, -0.05) is 0 Å². The van der Waals surface area contributed by atoms with Gasteiger partial charge in [0, 0.05) is 31.5 Å². The molecule has 2 heterocycles. The molecule has 140 valence electrons. The molecule has 1 unspecified atom stereocenters. The Bertz CT molecular complexity index is 676. The standard InChI is InChI=1S/C16H27N5O3S/c1-4-21(14-6-9-25(23,24)12-14)15(22)13-10-18-16(19-11-13)17-7-5-8-20(2)3/h10-11,14H,4-9,12H2,1-3H3,(H,17,18,19). The molecule has 1 aliphatic rings. The van der Waals surface area contributed by atoms with Crippen molar-refractivity contribution in [1.29, 1.82) is 0 Å². The monoisotopic (exact) mass is 369 g/mol. The van der Waals surface area contributed by atoms with Crippen molar-refractivity contribution in [3.05, 3.63) is 18.0 Å². The summed E-state index contributed by atoms with van der Waals surface area (Å²) < 4.78 is 23.3. The van der Waals surface area contributed by atoms with E-state index < -0.39 is 9.84 Å². The number of carbonyl (C=O) groups excluding carboxylic acids is 1. The summed E-state index contributed by atoms with van der Waals surface area (Å²) in [4.78, 5) is 24.7. The predicted octanol–water partition coefficient (Wildman–Crippen LogP) is 0.489. The van der Waals surface area contributed by atoms with E-state index in [0.29, 0.717) is 24.5 Å². The molecule has 0 radical (unpaired) electrons. The van der Waals surface area contributed by atoms with Crippen LogP contribution in [0.2, 0.25) is 0 Å². The number of nitrogens with one attached hydrogen (secondary N) is 1. The lowest BCUT2D eigenvalue weighted by Crippen LogP contribution is -2.41. The number of carbonyl (C=O) groups is 1. The lowest BCUT2D eigenvalue weighted by atomic mass is 10.2. The zero-order valence-corrected chi connectivity index (χ0v) is 15.9. The molecule has 25 heavy (non-hydrogen) atoms. The van der Waals surface area contributed by atoms with Crippen molar-refractivity contribution in [2.75, 3.05) is 50.6 Å². The number of hydrogen-bond acceptors (Lipinski definition) is 7. The molecule has 2 rings (SSSR count). The number of hydrogen-bond donors (Lipinski definition) is 1. The second-order valence-corrected chi connectivity index (χ2v) is 8.76. The third-order valence-electron chi connectivity index (χ3n) is 4.21. The normalized spacial score (nSPS) is 19.1. The van der Waals surface area contributed by atoms with Crippen LogP contribution < -0.4 is 5.32 Å². The van der Waals surface area contributed by atoms with Gasteiger partial charge in [0.05, 0.1) is 17.1 Å². The van der Waals surface area contributed by atoms with Gasteiger partial charge >= 0.3 is 0 Å². The molecule has 1 fully saturated rings. The van der Waals surface area contributed by atoms with Crippen LogP contribution in [-0.4, -0.2) is 85.4 Å². The first-order chi connectivity index (χ1) is 11.8. The van der Waals surface area contributed by atoms with Crippen molar-refractivity contribution in [1.82, 2.24) is 19.8 Å². The van der Waals surface area contributed by atoms with Gasteiger partial charge in [0.1, 0.15) is 0 Å². The van der Waals surface area contributed by atoms with Crippen molar-refractivity contribution in [3.63, 3.8) is 0 Å². The van der Waals surface area contributed by atoms with Crippen LogP contribution in [0.5, 0.6) is 0 Å². The number of anilines is 1. The van der Waals surface area contributed by atoms with Crippen LogP contribution in [0, 0.1) is 0 Å². The first-order valence-corrected chi connectivity index (χ1v) is 10.4. The van der Waals surface area contributed by atoms with Gasteiger partial charge in [-0.3, -0.25) is 4.79 Å². The Balaban J connectivity index is 1.94. The molecule has 1 N–H and O–H groups in total. The summed E-state index contributed by atoms with van der Waals surface area (Å²) in [5.41, 5.74) is 0.380. The zero-order valence-electron chi connectivity index (χ0n) is 15.1. The predicted molar refractivity (Wildman–Crippen MR) is 97.5 cm³/mol. The van der Waals surface area contributed by atoms with Crippen molar-refractivity contribution in [2.45, 2.75) is 25.8 Å². The molecule has 1 aromatic heterocycles. The van der Waals surface area contributed by atoms with Crippen LogP contribution in [0.4, 0.5) is 5.95 Å². The van der Waals surface area contributed by atoms with Crippen molar-refractivity contribution < 1.29 is 13.2 Å². The highest BCUT2D eigenvalue weighted by Crippen LogP contribution is 2.19. The molecule has 9 heteroatoms. The highest BCUT2D eigenvalue weighted by molar-refractivity contribution is 7.91. The van der Waals surface area contributed by atoms with Gasteiger partial charge in [-0.15, -0.1) is 0 Å². The van der Waals surface area contributed by atoms with E-state index in [0.717, 1.165) is 19.5 Å². The SMILES string of the molecule is CCN(C(=O)c1cnc(NCCCN(C)C)nc1)C1CCS(=O)(=O)C1. The van der Waals surface area contributed by atoms with E-state index in [4.69, 9.17) is 0 Å². The Morgan fingerprint density at radius 1 is 1.32 bits per heavy atom. The van der Waals surface area contributed by atoms with Gasteiger partial charge in [0.25, 0.3) is 5.91 Å². The topological polar surface area (TPSA) is 95.5 Å². The number of rotatable bonds is 8. The molecule has 0 aromatic carbocycles. The Morgan fingerprint density at radius 2 is 2.00 bits per heavy atom. The van der Waals surface area contributed by atoms with E-state index in [2.05, 4.69) is 20.2 Å². The van der Waals surface area contributed by atoms with E-state index in [1.807, 2.05) is 21.0 Å². The molecule has 0 saturated carbocycles. The van der Waals surface area contributed by atoms with Crippen LogP contribution in [0.15, 0.2) is 12.4 Å². The van der Waals surface area contributed by atoms with Crippen LogP contribution in [0.1, 0.15) is 30.1 Å². The molecular formula is C16H27N5O3S. The summed E-state index contributed by atoms with van der Waals surface area (Å²) in [6.45, 7) is 4.04. The molecule has 0 spiro atoms. The van der Waals surface area contributed by atoms with Crippen LogP contribution >= 0.6 is 0 Å². The maximum Gasteiger partial charge on any atom is 0.257 e. The summed E-state index contributed by atoms with van der Waals surface area (Å²) in [5.74, 6) is 0.456. The number of aromatic nitrogens is 2. The first-order valence-electron chi connectivity index (χ1n) is 8.54. The van der Waals surface area contributed by atoms with Gasteiger partial charge in [-0.05, 0) is 40.4 Å². The maximum absolute atomic E-state index is 12.6.